The highest BCUT2D eigenvalue weighted by Crippen LogP contribution is 2.37. The van der Waals surface area contributed by atoms with Crippen LogP contribution in [0, 0.1) is 5.82 Å². The van der Waals surface area contributed by atoms with Crippen LogP contribution < -0.4 is 0 Å². The van der Waals surface area contributed by atoms with Gasteiger partial charge >= 0.3 is 5.97 Å². The Morgan fingerprint density at radius 2 is 2.00 bits per heavy atom. The van der Waals surface area contributed by atoms with Crippen molar-refractivity contribution in [1.82, 2.24) is 4.90 Å². The number of rotatable bonds is 3. The van der Waals surface area contributed by atoms with Crippen LogP contribution in [0.5, 0.6) is 0 Å². The Labute approximate surface area is 150 Å². The van der Waals surface area contributed by atoms with Crippen LogP contribution in [0.15, 0.2) is 36.4 Å². The lowest BCUT2D eigenvalue weighted by atomic mass is 10.0. The van der Waals surface area contributed by atoms with Crippen molar-refractivity contribution in [2.45, 2.75) is 18.9 Å². The number of carbonyl (C=O) groups excluding carboxylic acids is 2. The second-order valence-electron chi connectivity index (χ2n) is 6.00. The SMILES string of the molecule is COC(=O)c1ccc2c(c1)[C@H](N(C)C(=O)c1ccc(F)cc1Cl)CC2. The molecule has 1 amide bonds. The Balaban J connectivity index is 1.91. The first-order valence-corrected chi connectivity index (χ1v) is 8.23. The van der Waals surface area contributed by atoms with Crippen molar-refractivity contribution in [1.29, 1.82) is 0 Å². The minimum absolute atomic E-state index is 0.0818. The van der Waals surface area contributed by atoms with Gasteiger partial charge in [-0.15, -0.1) is 0 Å². The van der Waals surface area contributed by atoms with E-state index in [0.29, 0.717) is 5.56 Å². The molecule has 1 atom stereocenters. The summed E-state index contributed by atoms with van der Waals surface area (Å²) in [6.07, 6.45) is 1.57. The summed E-state index contributed by atoms with van der Waals surface area (Å²) < 4.78 is 18.0. The van der Waals surface area contributed by atoms with Crippen molar-refractivity contribution < 1.29 is 18.7 Å². The van der Waals surface area contributed by atoms with E-state index in [1.165, 1.54) is 19.2 Å². The fraction of sp³-hybridized carbons (Fsp3) is 0.263. The van der Waals surface area contributed by atoms with E-state index >= 15 is 0 Å². The average molecular weight is 362 g/mol. The molecule has 2 aromatic carbocycles. The summed E-state index contributed by atoms with van der Waals surface area (Å²) in [6, 6.07) is 8.95. The van der Waals surface area contributed by atoms with Crippen molar-refractivity contribution in [2.24, 2.45) is 0 Å². The number of hydrogen-bond donors (Lipinski definition) is 0. The van der Waals surface area contributed by atoms with Gasteiger partial charge in [-0.25, -0.2) is 9.18 Å². The first-order valence-electron chi connectivity index (χ1n) is 7.85. The number of carbonyl (C=O) groups is 2. The maximum atomic E-state index is 13.2. The molecule has 0 heterocycles. The minimum Gasteiger partial charge on any atom is -0.465 e. The highest BCUT2D eigenvalue weighted by atomic mass is 35.5. The fourth-order valence-corrected chi connectivity index (χ4v) is 3.47. The smallest absolute Gasteiger partial charge is 0.337 e. The van der Waals surface area contributed by atoms with Crippen LogP contribution in [0.25, 0.3) is 0 Å². The minimum atomic E-state index is -0.488. The summed E-state index contributed by atoms with van der Waals surface area (Å²) >= 11 is 6.01. The predicted octanol–water partition coefficient (Wildman–Crippen LogP) is 4.03. The van der Waals surface area contributed by atoms with Gasteiger partial charge in [-0.2, -0.15) is 0 Å². The van der Waals surface area contributed by atoms with Crippen molar-refractivity contribution in [3.63, 3.8) is 0 Å². The van der Waals surface area contributed by atoms with Gasteiger partial charge in [0.15, 0.2) is 0 Å². The molecule has 0 saturated carbocycles. The number of halogens is 2. The van der Waals surface area contributed by atoms with Gasteiger partial charge in [0.1, 0.15) is 5.82 Å². The predicted molar refractivity (Wildman–Crippen MR) is 92.3 cm³/mol. The van der Waals surface area contributed by atoms with Gasteiger partial charge in [0.2, 0.25) is 0 Å². The number of amides is 1. The Hall–Kier alpha value is -2.40. The van der Waals surface area contributed by atoms with E-state index in [2.05, 4.69) is 0 Å². The number of nitrogens with zero attached hydrogens (tertiary/aromatic N) is 1. The molecule has 0 fully saturated rings. The van der Waals surface area contributed by atoms with Gasteiger partial charge in [-0.1, -0.05) is 17.7 Å². The number of benzene rings is 2. The standard InChI is InChI=1S/C19H17ClFNO3/c1-22(18(23)14-7-6-13(21)10-16(14)20)17-8-5-11-3-4-12(9-15(11)17)19(24)25-2/h3-4,6-7,9-10,17H,5,8H2,1-2H3/t17-/m1/s1. The molecular weight excluding hydrogens is 345 g/mol. The van der Waals surface area contributed by atoms with E-state index in [4.69, 9.17) is 16.3 Å². The second kappa shape index (κ2) is 6.84. The van der Waals surface area contributed by atoms with E-state index in [9.17, 15) is 14.0 Å². The third kappa shape index (κ3) is 3.24. The van der Waals surface area contributed by atoms with Crippen molar-refractivity contribution >= 4 is 23.5 Å². The third-order valence-electron chi connectivity index (χ3n) is 4.56. The molecule has 2 aromatic rings. The van der Waals surface area contributed by atoms with Gasteiger partial charge in [-0.05, 0) is 54.3 Å². The average Bonchev–Trinajstić information content (AvgIpc) is 3.03. The molecule has 6 heteroatoms. The van der Waals surface area contributed by atoms with E-state index < -0.39 is 11.8 Å². The Morgan fingerprint density at radius 3 is 2.68 bits per heavy atom. The Bertz CT molecular complexity index is 853. The maximum absolute atomic E-state index is 13.2. The molecular formula is C19H17ClFNO3. The van der Waals surface area contributed by atoms with E-state index in [-0.39, 0.29) is 22.5 Å². The second-order valence-corrected chi connectivity index (χ2v) is 6.41. The summed E-state index contributed by atoms with van der Waals surface area (Å²) in [5.74, 6) is -1.19. The Morgan fingerprint density at radius 1 is 1.24 bits per heavy atom. The molecule has 3 rings (SSSR count). The largest absolute Gasteiger partial charge is 0.465 e. The number of hydrogen-bond acceptors (Lipinski definition) is 3. The molecule has 0 radical (unpaired) electrons. The van der Waals surface area contributed by atoms with E-state index in [1.54, 1.807) is 24.1 Å². The van der Waals surface area contributed by atoms with Gasteiger partial charge < -0.3 is 9.64 Å². The maximum Gasteiger partial charge on any atom is 0.337 e. The number of aryl methyl sites for hydroxylation is 1. The zero-order valence-electron chi connectivity index (χ0n) is 13.9. The molecule has 1 aliphatic carbocycles. The molecule has 0 saturated heterocycles. The zero-order chi connectivity index (χ0) is 18.1. The first-order chi connectivity index (χ1) is 11.9. The van der Waals surface area contributed by atoms with Crippen molar-refractivity contribution in [2.75, 3.05) is 14.2 Å². The van der Waals surface area contributed by atoms with Crippen LogP contribution in [0.4, 0.5) is 4.39 Å². The van der Waals surface area contributed by atoms with Crippen LogP contribution in [-0.2, 0) is 11.2 Å². The molecule has 0 bridgehead atoms. The molecule has 0 N–H and O–H groups in total. The Kier molecular flexibility index (Phi) is 4.77. The number of fused-ring (bicyclic) bond motifs is 1. The molecule has 0 aliphatic heterocycles. The van der Waals surface area contributed by atoms with E-state index in [0.717, 1.165) is 30.0 Å². The van der Waals surface area contributed by atoms with Crippen LogP contribution >= 0.6 is 11.6 Å². The van der Waals surface area contributed by atoms with Crippen LogP contribution in [0.3, 0.4) is 0 Å². The summed E-state index contributed by atoms with van der Waals surface area (Å²) in [7, 11) is 3.02. The summed E-state index contributed by atoms with van der Waals surface area (Å²) in [6.45, 7) is 0. The molecule has 25 heavy (non-hydrogen) atoms. The summed E-state index contributed by atoms with van der Waals surface area (Å²) in [5.41, 5.74) is 2.73. The first kappa shape index (κ1) is 17.4. The van der Waals surface area contributed by atoms with Gasteiger partial charge in [0, 0.05) is 7.05 Å². The van der Waals surface area contributed by atoms with Gasteiger partial charge in [0.25, 0.3) is 5.91 Å². The number of esters is 1. The van der Waals surface area contributed by atoms with Crippen LogP contribution in [0.2, 0.25) is 5.02 Å². The van der Waals surface area contributed by atoms with Gasteiger partial charge in [-0.3, -0.25) is 4.79 Å². The highest BCUT2D eigenvalue weighted by molar-refractivity contribution is 6.33. The van der Waals surface area contributed by atoms with Crippen molar-refractivity contribution in [3.05, 3.63) is 69.5 Å². The summed E-state index contributed by atoms with van der Waals surface area (Å²) in [4.78, 5) is 26.1. The quantitative estimate of drug-likeness (QED) is 0.775. The lowest BCUT2D eigenvalue weighted by Gasteiger charge is -2.26. The topological polar surface area (TPSA) is 46.6 Å². The van der Waals surface area contributed by atoms with Gasteiger partial charge in [0.05, 0.1) is 29.3 Å². The molecule has 1 aliphatic rings. The number of ether oxygens (including phenoxy) is 1. The van der Waals surface area contributed by atoms with Crippen LogP contribution in [-0.4, -0.2) is 30.9 Å². The molecule has 4 nitrogen and oxygen atoms in total. The lowest BCUT2D eigenvalue weighted by molar-refractivity contribution is 0.0600. The molecule has 0 unspecified atom stereocenters. The van der Waals surface area contributed by atoms with Crippen molar-refractivity contribution in [3.8, 4) is 0 Å². The lowest BCUT2D eigenvalue weighted by Crippen LogP contribution is -2.30. The monoisotopic (exact) mass is 361 g/mol. The third-order valence-corrected chi connectivity index (χ3v) is 4.88. The highest BCUT2D eigenvalue weighted by Gasteiger charge is 2.30. The summed E-state index contributed by atoms with van der Waals surface area (Å²) in [5, 5.41) is 0.0818. The normalized spacial score (nSPS) is 15.6. The number of methoxy groups -OCH3 is 1. The zero-order valence-corrected chi connectivity index (χ0v) is 14.6. The van der Waals surface area contributed by atoms with Crippen LogP contribution in [0.1, 0.15) is 44.3 Å². The molecule has 130 valence electrons. The fourth-order valence-electron chi connectivity index (χ4n) is 3.22. The van der Waals surface area contributed by atoms with E-state index in [1.807, 2.05) is 6.07 Å². The molecule has 0 spiro atoms. The molecule has 0 aromatic heterocycles.